The Morgan fingerprint density at radius 3 is 2.40 bits per heavy atom. The van der Waals surface area contributed by atoms with Gasteiger partial charge < -0.3 is 15.4 Å². The minimum Gasteiger partial charge on any atom is -0.496 e. The van der Waals surface area contributed by atoms with E-state index in [9.17, 15) is 9.59 Å². The first kappa shape index (κ1) is 18.5. The molecule has 0 aromatic heterocycles. The lowest BCUT2D eigenvalue weighted by atomic mass is 10.1. The number of ether oxygens (including phenoxy) is 1. The SMILES string of the molecule is CCCCc1ccc(NC(=O)C(=O)NCc2ccccc2OC)cc1. The van der Waals surface area contributed by atoms with Crippen LogP contribution in [-0.2, 0) is 22.6 Å². The number of carbonyl (C=O) groups is 2. The van der Waals surface area contributed by atoms with Crippen LogP contribution >= 0.6 is 0 Å². The fourth-order valence-electron chi connectivity index (χ4n) is 2.43. The van der Waals surface area contributed by atoms with Crippen molar-refractivity contribution in [3.63, 3.8) is 0 Å². The van der Waals surface area contributed by atoms with Crippen LogP contribution in [-0.4, -0.2) is 18.9 Å². The Kier molecular flexibility index (Phi) is 7.01. The number of para-hydroxylation sites is 1. The number of hydrogen-bond acceptors (Lipinski definition) is 3. The Labute approximate surface area is 148 Å². The van der Waals surface area contributed by atoms with Crippen LogP contribution in [0.4, 0.5) is 5.69 Å². The van der Waals surface area contributed by atoms with E-state index >= 15 is 0 Å². The molecule has 0 radical (unpaired) electrons. The number of carbonyl (C=O) groups excluding carboxylic acids is 2. The molecule has 0 unspecified atom stereocenters. The summed E-state index contributed by atoms with van der Waals surface area (Å²) in [6.07, 6.45) is 3.30. The summed E-state index contributed by atoms with van der Waals surface area (Å²) in [6, 6.07) is 14.9. The van der Waals surface area contributed by atoms with E-state index in [-0.39, 0.29) is 6.54 Å². The summed E-state index contributed by atoms with van der Waals surface area (Å²) >= 11 is 0. The standard InChI is InChI=1S/C20H24N2O3/c1-3-4-7-15-10-12-17(13-11-15)22-20(24)19(23)21-14-16-8-5-6-9-18(16)25-2/h5-6,8-13H,3-4,7,14H2,1-2H3,(H,21,23)(H,22,24). The van der Waals surface area contributed by atoms with E-state index in [0.29, 0.717) is 11.4 Å². The number of unbranched alkanes of at least 4 members (excludes halogenated alkanes) is 1. The summed E-state index contributed by atoms with van der Waals surface area (Å²) in [7, 11) is 1.57. The van der Waals surface area contributed by atoms with Gasteiger partial charge in [0.2, 0.25) is 0 Å². The van der Waals surface area contributed by atoms with Crippen molar-refractivity contribution in [1.82, 2.24) is 5.32 Å². The predicted octanol–water partition coefficient (Wildman–Crippen LogP) is 3.29. The number of anilines is 1. The smallest absolute Gasteiger partial charge is 0.313 e. The summed E-state index contributed by atoms with van der Waals surface area (Å²) in [5.74, 6) is -0.692. The maximum absolute atomic E-state index is 12.0. The molecule has 2 rings (SSSR count). The molecule has 5 nitrogen and oxygen atoms in total. The number of amides is 2. The summed E-state index contributed by atoms with van der Waals surface area (Å²) in [4.78, 5) is 24.0. The molecular formula is C20H24N2O3. The Hall–Kier alpha value is -2.82. The van der Waals surface area contributed by atoms with Gasteiger partial charge in [-0.2, -0.15) is 0 Å². The van der Waals surface area contributed by atoms with Gasteiger partial charge in [0.15, 0.2) is 0 Å². The van der Waals surface area contributed by atoms with Gasteiger partial charge in [-0.25, -0.2) is 0 Å². The molecule has 0 aliphatic carbocycles. The Morgan fingerprint density at radius 1 is 1.00 bits per heavy atom. The average Bonchev–Trinajstić information content (AvgIpc) is 2.65. The highest BCUT2D eigenvalue weighted by Gasteiger charge is 2.14. The number of aryl methyl sites for hydroxylation is 1. The third kappa shape index (κ3) is 5.64. The van der Waals surface area contributed by atoms with Crippen LogP contribution in [0.25, 0.3) is 0 Å². The third-order valence-corrected chi connectivity index (χ3v) is 3.87. The molecule has 2 aromatic carbocycles. The predicted molar refractivity (Wildman–Crippen MR) is 98.5 cm³/mol. The maximum atomic E-state index is 12.0. The monoisotopic (exact) mass is 340 g/mol. The second kappa shape index (κ2) is 9.47. The van der Waals surface area contributed by atoms with Crippen molar-refractivity contribution < 1.29 is 14.3 Å². The van der Waals surface area contributed by atoms with Gasteiger partial charge >= 0.3 is 11.8 Å². The van der Waals surface area contributed by atoms with Gasteiger partial charge in [-0.15, -0.1) is 0 Å². The lowest BCUT2D eigenvalue weighted by molar-refractivity contribution is -0.136. The molecule has 0 bridgehead atoms. The minimum absolute atomic E-state index is 0.228. The topological polar surface area (TPSA) is 67.4 Å². The molecule has 0 aliphatic heterocycles. The van der Waals surface area contributed by atoms with Crippen molar-refractivity contribution >= 4 is 17.5 Å². The van der Waals surface area contributed by atoms with E-state index < -0.39 is 11.8 Å². The van der Waals surface area contributed by atoms with Crippen LogP contribution in [0.15, 0.2) is 48.5 Å². The molecule has 2 N–H and O–H groups in total. The molecule has 0 spiro atoms. The number of hydrogen-bond donors (Lipinski definition) is 2. The largest absolute Gasteiger partial charge is 0.496 e. The highest BCUT2D eigenvalue weighted by Crippen LogP contribution is 2.16. The first-order valence-corrected chi connectivity index (χ1v) is 8.44. The molecule has 0 atom stereocenters. The van der Waals surface area contributed by atoms with Crippen molar-refractivity contribution in [2.75, 3.05) is 12.4 Å². The minimum atomic E-state index is -0.684. The summed E-state index contributed by atoms with van der Waals surface area (Å²) in [5, 5.41) is 5.21. The molecule has 0 heterocycles. The number of benzene rings is 2. The fourth-order valence-corrected chi connectivity index (χ4v) is 2.43. The van der Waals surface area contributed by atoms with Crippen molar-refractivity contribution in [1.29, 1.82) is 0 Å². The highest BCUT2D eigenvalue weighted by atomic mass is 16.5. The fraction of sp³-hybridized carbons (Fsp3) is 0.300. The van der Waals surface area contributed by atoms with Crippen LogP contribution in [0.3, 0.4) is 0 Å². The van der Waals surface area contributed by atoms with Gasteiger partial charge in [0.05, 0.1) is 7.11 Å². The van der Waals surface area contributed by atoms with Crippen LogP contribution in [0.2, 0.25) is 0 Å². The number of rotatable bonds is 7. The summed E-state index contributed by atoms with van der Waals surface area (Å²) in [5.41, 5.74) is 2.64. The summed E-state index contributed by atoms with van der Waals surface area (Å²) in [6.45, 7) is 2.38. The van der Waals surface area contributed by atoms with Crippen molar-refractivity contribution in [2.24, 2.45) is 0 Å². The molecule has 132 valence electrons. The number of nitrogens with one attached hydrogen (secondary N) is 2. The number of methoxy groups -OCH3 is 1. The van der Waals surface area contributed by atoms with Crippen LogP contribution in [0, 0.1) is 0 Å². The van der Waals surface area contributed by atoms with E-state index in [2.05, 4.69) is 17.6 Å². The van der Waals surface area contributed by atoms with Gasteiger partial charge in [-0.05, 0) is 36.6 Å². The molecule has 2 aromatic rings. The summed E-state index contributed by atoms with van der Waals surface area (Å²) < 4.78 is 5.22. The van der Waals surface area contributed by atoms with E-state index in [4.69, 9.17) is 4.74 Å². The van der Waals surface area contributed by atoms with Gasteiger partial charge in [0.1, 0.15) is 5.75 Å². The van der Waals surface area contributed by atoms with Crippen LogP contribution < -0.4 is 15.4 Å². The van der Waals surface area contributed by atoms with Crippen molar-refractivity contribution in [3.05, 3.63) is 59.7 Å². The molecule has 0 saturated carbocycles. The molecule has 25 heavy (non-hydrogen) atoms. The van der Waals surface area contributed by atoms with E-state index in [1.165, 1.54) is 5.56 Å². The zero-order valence-electron chi connectivity index (χ0n) is 14.7. The first-order valence-electron chi connectivity index (χ1n) is 8.44. The van der Waals surface area contributed by atoms with E-state index in [0.717, 1.165) is 24.8 Å². The van der Waals surface area contributed by atoms with E-state index in [1.54, 1.807) is 7.11 Å². The van der Waals surface area contributed by atoms with E-state index in [1.807, 2.05) is 48.5 Å². The second-order valence-electron chi connectivity index (χ2n) is 5.75. The molecular weight excluding hydrogens is 316 g/mol. The Balaban J connectivity index is 1.86. The maximum Gasteiger partial charge on any atom is 0.313 e. The van der Waals surface area contributed by atoms with Crippen LogP contribution in [0.1, 0.15) is 30.9 Å². The Morgan fingerprint density at radius 2 is 1.72 bits per heavy atom. The van der Waals surface area contributed by atoms with Gasteiger partial charge in [-0.3, -0.25) is 9.59 Å². The lowest BCUT2D eigenvalue weighted by Gasteiger charge is -2.10. The van der Waals surface area contributed by atoms with Crippen molar-refractivity contribution in [3.8, 4) is 5.75 Å². The lowest BCUT2D eigenvalue weighted by Crippen LogP contribution is -2.35. The second-order valence-corrected chi connectivity index (χ2v) is 5.75. The normalized spacial score (nSPS) is 10.2. The zero-order chi connectivity index (χ0) is 18.1. The molecule has 0 aliphatic rings. The first-order chi connectivity index (χ1) is 12.1. The van der Waals surface area contributed by atoms with Gasteiger partial charge in [0, 0.05) is 17.8 Å². The Bertz CT molecular complexity index is 711. The van der Waals surface area contributed by atoms with Gasteiger partial charge in [0.25, 0.3) is 0 Å². The quantitative estimate of drug-likeness (QED) is 0.760. The molecule has 2 amide bonds. The molecule has 0 saturated heterocycles. The van der Waals surface area contributed by atoms with Crippen molar-refractivity contribution in [2.45, 2.75) is 32.7 Å². The average molecular weight is 340 g/mol. The van der Waals surface area contributed by atoms with Gasteiger partial charge in [-0.1, -0.05) is 43.7 Å². The molecule has 5 heteroatoms. The highest BCUT2D eigenvalue weighted by molar-refractivity contribution is 6.39. The zero-order valence-corrected chi connectivity index (χ0v) is 14.7. The third-order valence-electron chi connectivity index (χ3n) is 3.87. The molecule has 0 fully saturated rings. The van der Waals surface area contributed by atoms with Crippen LogP contribution in [0.5, 0.6) is 5.75 Å².